The number of rotatable bonds is 2. The molecule has 3 amide bonds. The van der Waals surface area contributed by atoms with Crippen molar-refractivity contribution in [1.82, 2.24) is 10.4 Å². The van der Waals surface area contributed by atoms with Gasteiger partial charge in [0.2, 0.25) is 0 Å². The van der Waals surface area contributed by atoms with E-state index in [0.717, 1.165) is 5.01 Å². The van der Waals surface area contributed by atoms with Crippen LogP contribution in [0.3, 0.4) is 0 Å². The Labute approximate surface area is 179 Å². The molecule has 0 bridgehead atoms. The third-order valence-electron chi connectivity index (χ3n) is 3.74. The third kappa shape index (κ3) is 5.99. The number of nitrogens with one attached hydrogen (secondary N) is 2. The number of carbonyl (C=O) groups is 2. The molecule has 2 aromatic carbocycles. The van der Waals surface area contributed by atoms with Crippen LogP contribution in [0.5, 0.6) is 0 Å². The summed E-state index contributed by atoms with van der Waals surface area (Å²) in [6.07, 6.45) is -4.72. The normalized spacial score (nSPS) is 11.8. The van der Waals surface area contributed by atoms with E-state index in [2.05, 4.69) is 5.43 Å². The fraction of sp³-hybridized carbons (Fsp3) is 0.263. The molecule has 2 aromatic rings. The summed E-state index contributed by atoms with van der Waals surface area (Å²) in [6.45, 7) is 4.80. The molecule has 0 aliphatic heterocycles. The number of urea groups is 1. The van der Waals surface area contributed by atoms with Crippen LogP contribution in [0.15, 0.2) is 36.4 Å². The van der Waals surface area contributed by atoms with Crippen LogP contribution in [0.1, 0.15) is 36.7 Å². The van der Waals surface area contributed by atoms with Crippen molar-refractivity contribution in [2.45, 2.75) is 32.5 Å². The maximum absolute atomic E-state index is 13.9. The Balaban J connectivity index is 2.28. The molecule has 0 fully saturated rings. The van der Waals surface area contributed by atoms with Crippen LogP contribution in [0.25, 0.3) is 0 Å². The number of anilines is 1. The summed E-state index contributed by atoms with van der Waals surface area (Å²) >= 11 is 11.8. The molecule has 0 heterocycles. The van der Waals surface area contributed by atoms with Gasteiger partial charge in [0.15, 0.2) is 0 Å². The average Bonchev–Trinajstić information content (AvgIpc) is 2.58. The standard InChI is InChI=1S/C19H17Cl2F4N3O2/c1-18(2,3)28(16(29)10-6-12(20)9-13(21)7-10)27-17(30)26-15-8-11(19(23,24)25)4-5-14(15)22/h4-9H,1-3H3,(H2,26,27,30). The lowest BCUT2D eigenvalue weighted by molar-refractivity contribution is -0.137. The quantitative estimate of drug-likeness (QED) is 0.413. The summed E-state index contributed by atoms with van der Waals surface area (Å²) in [4.78, 5) is 25.2. The van der Waals surface area contributed by atoms with E-state index in [4.69, 9.17) is 23.2 Å². The summed E-state index contributed by atoms with van der Waals surface area (Å²) in [7, 11) is 0. The Morgan fingerprint density at radius 1 is 0.967 bits per heavy atom. The summed E-state index contributed by atoms with van der Waals surface area (Å²) in [6, 6.07) is 4.55. The summed E-state index contributed by atoms with van der Waals surface area (Å²) < 4.78 is 52.4. The van der Waals surface area contributed by atoms with Crippen molar-refractivity contribution in [2.24, 2.45) is 0 Å². The average molecular weight is 466 g/mol. The van der Waals surface area contributed by atoms with E-state index >= 15 is 0 Å². The molecule has 0 aliphatic carbocycles. The Kier molecular flexibility index (Phi) is 6.88. The number of nitrogens with zero attached hydrogens (tertiary/aromatic N) is 1. The molecule has 0 unspecified atom stereocenters. The maximum atomic E-state index is 13.9. The fourth-order valence-electron chi connectivity index (χ4n) is 2.38. The minimum atomic E-state index is -4.72. The van der Waals surface area contributed by atoms with Crippen LogP contribution in [0.2, 0.25) is 10.0 Å². The highest BCUT2D eigenvalue weighted by Crippen LogP contribution is 2.32. The van der Waals surface area contributed by atoms with Gasteiger partial charge in [-0.3, -0.25) is 4.79 Å². The molecule has 5 nitrogen and oxygen atoms in total. The lowest BCUT2D eigenvalue weighted by Gasteiger charge is -2.35. The van der Waals surface area contributed by atoms with Crippen LogP contribution < -0.4 is 10.7 Å². The smallest absolute Gasteiger partial charge is 0.304 e. The van der Waals surface area contributed by atoms with Gasteiger partial charge in [-0.2, -0.15) is 13.2 Å². The van der Waals surface area contributed by atoms with Gasteiger partial charge in [-0.15, -0.1) is 0 Å². The Morgan fingerprint density at radius 3 is 2.03 bits per heavy atom. The molecule has 2 rings (SSSR count). The first-order valence-electron chi connectivity index (χ1n) is 8.43. The number of hydrogen-bond acceptors (Lipinski definition) is 2. The van der Waals surface area contributed by atoms with Crippen molar-refractivity contribution < 1.29 is 27.2 Å². The minimum absolute atomic E-state index is 0.0629. The number of hydrogen-bond donors (Lipinski definition) is 2. The number of alkyl halides is 3. The molecule has 162 valence electrons. The Morgan fingerprint density at radius 2 is 1.53 bits per heavy atom. The zero-order valence-electron chi connectivity index (χ0n) is 16.0. The Bertz CT molecular complexity index is 955. The van der Waals surface area contributed by atoms with Crippen LogP contribution in [-0.2, 0) is 6.18 Å². The van der Waals surface area contributed by atoms with Crippen molar-refractivity contribution in [2.75, 3.05) is 5.32 Å². The van der Waals surface area contributed by atoms with Gasteiger partial charge in [0, 0.05) is 15.6 Å². The van der Waals surface area contributed by atoms with E-state index in [0.29, 0.717) is 18.2 Å². The fourth-order valence-corrected chi connectivity index (χ4v) is 2.90. The van der Waals surface area contributed by atoms with Crippen molar-refractivity contribution in [3.05, 3.63) is 63.4 Å². The van der Waals surface area contributed by atoms with Crippen LogP contribution in [0.4, 0.5) is 28.0 Å². The van der Waals surface area contributed by atoms with E-state index in [1.54, 1.807) is 20.8 Å². The molecule has 0 saturated heterocycles. The lowest BCUT2D eigenvalue weighted by atomic mass is 10.1. The predicted molar refractivity (Wildman–Crippen MR) is 106 cm³/mol. The predicted octanol–water partition coefficient (Wildman–Crippen LogP) is 6.13. The van der Waals surface area contributed by atoms with E-state index in [-0.39, 0.29) is 15.6 Å². The Hall–Kier alpha value is -2.52. The minimum Gasteiger partial charge on any atom is -0.304 e. The van der Waals surface area contributed by atoms with Gasteiger partial charge in [-0.05, 0) is 57.2 Å². The zero-order chi connectivity index (χ0) is 22.9. The van der Waals surface area contributed by atoms with Gasteiger partial charge in [0.1, 0.15) is 5.82 Å². The third-order valence-corrected chi connectivity index (χ3v) is 4.18. The highest BCUT2D eigenvalue weighted by atomic mass is 35.5. The first-order chi connectivity index (χ1) is 13.7. The SMILES string of the molecule is CC(C)(C)N(NC(=O)Nc1cc(C(F)(F)F)ccc1F)C(=O)c1cc(Cl)cc(Cl)c1. The molecule has 0 aromatic heterocycles. The van der Waals surface area contributed by atoms with E-state index in [9.17, 15) is 27.2 Å². The monoisotopic (exact) mass is 465 g/mol. The van der Waals surface area contributed by atoms with Gasteiger partial charge in [0.25, 0.3) is 5.91 Å². The molecular weight excluding hydrogens is 449 g/mol. The molecule has 0 aliphatic rings. The second-order valence-electron chi connectivity index (χ2n) is 7.23. The van der Waals surface area contributed by atoms with Crippen molar-refractivity contribution >= 4 is 40.8 Å². The number of carbonyl (C=O) groups excluding carboxylic acids is 2. The molecule has 30 heavy (non-hydrogen) atoms. The van der Waals surface area contributed by atoms with Crippen molar-refractivity contribution in [3.63, 3.8) is 0 Å². The molecule has 0 radical (unpaired) electrons. The van der Waals surface area contributed by atoms with Crippen molar-refractivity contribution in [1.29, 1.82) is 0 Å². The molecular formula is C19H17Cl2F4N3O2. The number of benzene rings is 2. The van der Waals surface area contributed by atoms with E-state index in [1.807, 2.05) is 5.32 Å². The first kappa shape index (κ1) is 23.8. The molecule has 2 N–H and O–H groups in total. The molecule has 11 heteroatoms. The first-order valence-corrected chi connectivity index (χ1v) is 9.19. The summed E-state index contributed by atoms with van der Waals surface area (Å²) in [5.74, 6) is -1.76. The van der Waals surface area contributed by atoms with Gasteiger partial charge < -0.3 is 5.32 Å². The van der Waals surface area contributed by atoms with Crippen molar-refractivity contribution in [3.8, 4) is 0 Å². The van der Waals surface area contributed by atoms with Crippen LogP contribution in [-0.4, -0.2) is 22.5 Å². The summed E-state index contributed by atoms with van der Waals surface area (Å²) in [5, 5.41) is 3.29. The van der Waals surface area contributed by atoms with Crippen LogP contribution >= 0.6 is 23.2 Å². The highest BCUT2D eigenvalue weighted by molar-refractivity contribution is 6.35. The van der Waals surface area contributed by atoms with Gasteiger partial charge in [0.05, 0.1) is 16.8 Å². The molecule has 0 spiro atoms. The number of hydrazine groups is 1. The highest BCUT2D eigenvalue weighted by Gasteiger charge is 2.32. The topological polar surface area (TPSA) is 61.4 Å². The van der Waals surface area contributed by atoms with E-state index in [1.165, 1.54) is 18.2 Å². The zero-order valence-corrected chi connectivity index (χ0v) is 17.5. The number of amides is 3. The maximum Gasteiger partial charge on any atom is 0.416 e. The van der Waals surface area contributed by atoms with Gasteiger partial charge >= 0.3 is 12.2 Å². The largest absolute Gasteiger partial charge is 0.416 e. The second-order valence-corrected chi connectivity index (χ2v) is 8.10. The van der Waals surface area contributed by atoms with Gasteiger partial charge in [-0.1, -0.05) is 23.2 Å². The van der Waals surface area contributed by atoms with E-state index < -0.39 is 40.7 Å². The van der Waals surface area contributed by atoms with Crippen LogP contribution in [0, 0.1) is 5.82 Å². The summed E-state index contributed by atoms with van der Waals surface area (Å²) in [5.41, 5.74) is -0.514. The lowest BCUT2D eigenvalue weighted by Crippen LogP contribution is -2.56. The second kappa shape index (κ2) is 8.69. The number of halogens is 6. The molecule has 0 saturated carbocycles. The van der Waals surface area contributed by atoms with Gasteiger partial charge in [-0.25, -0.2) is 19.6 Å². The molecule has 0 atom stereocenters.